The van der Waals surface area contributed by atoms with Crippen molar-refractivity contribution in [1.82, 2.24) is 5.32 Å². The number of carboxylic acid groups (broad SMARTS) is 1. The number of rotatable bonds is 13. The van der Waals surface area contributed by atoms with Gasteiger partial charge in [-0.05, 0) is 135 Å². The first-order chi connectivity index (χ1) is 21.6. The number of unbranched alkanes of at least 4 members (excludes halogenated alkanes) is 7. The molecule has 5 fully saturated rings. The number of aliphatic hydroxyl groups excluding tert-OH is 1. The molecule has 5 aliphatic rings. The lowest BCUT2D eigenvalue weighted by molar-refractivity contribution is -0.246. The number of carboxylic acids is 1. The minimum absolute atomic E-state index is 0.0221. The molecule has 46 heavy (non-hydrogen) atoms. The Morgan fingerprint density at radius 3 is 2.04 bits per heavy atom. The van der Waals surface area contributed by atoms with Gasteiger partial charge in [0.05, 0.1) is 11.5 Å². The van der Waals surface area contributed by atoms with Crippen molar-refractivity contribution in [2.24, 2.45) is 56.7 Å². The lowest BCUT2D eigenvalue weighted by Crippen LogP contribution is -2.67. The average Bonchev–Trinajstić information content (AvgIpc) is 3.39. The molecule has 0 aromatic carbocycles. The maximum atomic E-state index is 14.3. The molecule has 5 saturated carbocycles. The monoisotopic (exact) mass is 640 g/mol. The van der Waals surface area contributed by atoms with E-state index in [-0.39, 0.29) is 33.2 Å². The van der Waals surface area contributed by atoms with E-state index in [0.717, 1.165) is 77.2 Å². The van der Waals surface area contributed by atoms with Gasteiger partial charge >= 0.3 is 5.97 Å². The van der Waals surface area contributed by atoms with Crippen LogP contribution in [0.2, 0.25) is 0 Å². The molecule has 5 aliphatic carbocycles. The highest BCUT2D eigenvalue weighted by Gasteiger charge is 2.71. The largest absolute Gasteiger partial charge is 0.481 e. The zero-order valence-electron chi connectivity index (χ0n) is 30.5. The lowest BCUT2D eigenvalue weighted by Gasteiger charge is -2.72. The molecule has 5 rings (SSSR count). The van der Waals surface area contributed by atoms with Gasteiger partial charge in [0.2, 0.25) is 5.91 Å². The summed E-state index contributed by atoms with van der Waals surface area (Å²) in [5, 5.41) is 23.3. The highest BCUT2D eigenvalue weighted by molar-refractivity contribution is 5.83. The van der Waals surface area contributed by atoms with Crippen molar-refractivity contribution < 1.29 is 19.8 Å². The number of allylic oxidation sites excluding steroid dienone is 1. The Hall–Kier alpha value is -1.36. The second-order valence-corrected chi connectivity index (χ2v) is 18.4. The number of hydrogen-bond acceptors (Lipinski definition) is 3. The number of nitrogens with one attached hydrogen (secondary N) is 1. The van der Waals surface area contributed by atoms with Crippen LogP contribution < -0.4 is 5.32 Å². The molecule has 0 aromatic heterocycles. The topological polar surface area (TPSA) is 86.6 Å². The molecule has 0 unspecified atom stereocenters. The predicted molar refractivity (Wildman–Crippen MR) is 187 cm³/mol. The Morgan fingerprint density at radius 2 is 1.39 bits per heavy atom. The summed E-state index contributed by atoms with van der Waals surface area (Å²) < 4.78 is 0. The molecular weight excluding hydrogens is 570 g/mol. The molecular formula is C41H69NO4. The molecule has 262 valence electrons. The molecule has 0 heterocycles. The molecule has 0 spiro atoms. The average molecular weight is 640 g/mol. The minimum atomic E-state index is -0.688. The van der Waals surface area contributed by atoms with Gasteiger partial charge in [0, 0.05) is 13.0 Å². The highest BCUT2D eigenvalue weighted by Crippen LogP contribution is 2.77. The van der Waals surface area contributed by atoms with Crippen LogP contribution >= 0.6 is 0 Å². The Kier molecular flexibility index (Phi) is 10.6. The summed E-state index contributed by atoms with van der Waals surface area (Å²) in [6.45, 7) is 20.1. The van der Waals surface area contributed by atoms with Gasteiger partial charge in [0.25, 0.3) is 0 Å². The van der Waals surface area contributed by atoms with Crippen molar-refractivity contribution in [2.75, 3.05) is 6.54 Å². The Morgan fingerprint density at radius 1 is 0.739 bits per heavy atom. The number of aliphatic carboxylic acids is 1. The zero-order chi connectivity index (χ0) is 33.5. The van der Waals surface area contributed by atoms with Crippen molar-refractivity contribution in [2.45, 2.75) is 170 Å². The van der Waals surface area contributed by atoms with Gasteiger partial charge in [-0.2, -0.15) is 0 Å². The fraction of sp³-hybridized carbons (Fsp3) is 0.902. The van der Waals surface area contributed by atoms with E-state index in [0.29, 0.717) is 41.9 Å². The normalized spacial score (nSPS) is 42.7. The maximum Gasteiger partial charge on any atom is 0.303 e. The van der Waals surface area contributed by atoms with E-state index in [1.54, 1.807) is 0 Å². The summed E-state index contributed by atoms with van der Waals surface area (Å²) in [6.07, 6.45) is 20.2. The van der Waals surface area contributed by atoms with Gasteiger partial charge in [-0.1, -0.05) is 85.3 Å². The SMILES string of the molecule is C=C(C)[C@H]1CC[C@]2(C(=O)NCCCCCCCCCCC(=O)O)CC[C@]3(C)[C@H](CC[C@@H]4[C@@]5(C)CC[C@H](O)C(C)(C)[C@H]5CC[C@]43C)[C@@H]12. The van der Waals surface area contributed by atoms with Gasteiger partial charge in [0.1, 0.15) is 0 Å². The molecule has 0 bridgehead atoms. The molecule has 10 atom stereocenters. The van der Waals surface area contributed by atoms with Crippen molar-refractivity contribution in [3.8, 4) is 0 Å². The number of aliphatic hydroxyl groups is 1. The quantitative estimate of drug-likeness (QED) is 0.138. The number of hydrogen-bond donors (Lipinski definition) is 3. The fourth-order valence-corrected chi connectivity index (χ4v) is 13.4. The highest BCUT2D eigenvalue weighted by atomic mass is 16.4. The van der Waals surface area contributed by atoms with Crippen LogP contribution in [0.25, 0.3) is 0 Å². The van der Waals surface area contributed by atoms with Crippen LogP contribution in [0.4, 0.5) is 0 Å². The van der Waals surface area contributed by atoms with Gasteiger partial charge in [-0.25, -0.2) is 0 Å². The van der Waals surface area contributed by atoms with Crippen molar-refractivity contribution in [3.05, 3.63) is 12.2 Å². The maximum absolute atomic E-state index is 14.3. The second kappa shape index (κ2) is 13.5. The van der Waals surface area contributed by atoms with Crippen LogP contribution in [0.1, 0.15) is 164 Å². The summed E-state index contributed by atoms with van der Waals surface area (Å²) in [5.41, 5.74) is 1.79. The first kappa shape index (κ1) is 35.9. The van der Waals surface area contributed by atoms with E-state index in [9.17, 15) is 14.7 Å². The van der Waals surface area contributed by atoms with Crippen molar-refractivity contribution in [3.63, 3.8) is 0 Å². The third-order valence-corrected chi connectivity index (χ3v) is 16.1. The Labute approximate surface area is 281 Å². The van der Waals surface area contributed by atoms with Crippen LogP contribution in [-0.2, 0) is 9.59 Å². The lowest BCUT2D eigenvalue weighted by atomic mass is 9.32. The van der Waals surface area contributed by atoms with E-state index >= 15 is 0 Å². The van der Waals surface area contributed by atoms with E-state index in [4.69, 9.17) is 5.11 Å². The second-order valence-electron chi connectivity index (χ2n) is 18.4. The molecule has 0 radical (unpaired) electrons. The Balaban J connectivity index is 1.24. The summed E-state index contributed by atoms with van der Waals surface area (Å²) in [5.74, 6) is 2.32. The molecule has 0 aromatic rings. The smallest absolute Gasteiger partial charge is 0.303 e. The first-order valence-corrected chi connectivity index (χ1v) is 19.5. The fourth-order valence-electron chi connectivity index (χ4n) is 13.4. The molecule has 5 nitrogen and oxygen atoms in total. The molecule has 1 amide bonds. The molecule has 0 saturated heterocycles. The van der Waals surface area contributed by atoms with Crippen LogP contribution in [0.3, 0.4) is 0 Å². The van der Waals surface area contributed by atoms with E-state index in [2.05, 4.69) is 53.4 Å². The molecule has 5 heteroatoms. The van der Waals surface area contributed by atoms with Gasteiger partial charge in [-0.3, -0.25) is 9.59 Å². The van der Waals surface area contributed by atoms with Crippen molar-refractivity contribution >= 4 is 11.9 Å². The summed E-state index contributed by atoms with van der Waals surface area (Å²) in [7, 11) is 0. The zero-order valence-corrected chi connectivity index (χ0v) is 30.5. The van der Waals surface area contributed by atoms with Crippen LogP contribution in [0, 0.1) is 56.7 Å². The van der Waals surface area contributed by atoms with Gasteiger partial charge < -0.3 is 15.5 Å². The Bertz CT molecular complexity index is 1130. The van der Waals surface area contributed by atoms with E-state index < -0.39 is 5.97 Å². The minimum Gasteiger partial charge on any atom is -0.481 e. The van der Waals surface area contributed by atoms with Crippen LogP contribution in [0.15, 0.2) is 12.2 Å². The first-order valence-electron chi connectivity index (χ1n) is 19.5. The van der Waals surface area contributed by atoms with Crippen LogP contribution in [0.5, 0.6) is 0 Å². The number of amides is 1. The van der Waals surface area contributed by atoms with Gasteiger partial charge in [0.15, 0.2) is 0 Å². The number of carbonyl (C=O) groups excluding carboxylic acids is 1. The van der Waals surface area contributed by atoms with Gasteiger partial charge in [-0.15, -0.1) is 0 Å². The summed E-state index contributed by atoms with van der Waals surface area (Å²) >= 11 is 0. The number of fused-ring (bicyclic) bond motifs is 7. The molecule has 0 aliphatic heterocycles. The number of carbonyl (C=O) groups is 2. The summed E-state index contributed by atoms with van der Waals surface area (Å²) in [6, 6.07) is 0. The van der Waals surface area contributed by atoms with E-state index in [1.807, 2.05) is 0 Å². The predicted octanol–water partition coefficient (Wildman–Crippen LogP) is 9.72. The molecule has 3 N–H and O–H groups in total. The van der Waals surface area contributed by atoms with E-state index in [1.165, 1.54) is 50.5 Å². The van der Waals surface area contributed by atoms with Crippen LogP contribution in [-0.4, -0.2) is 34.7 Å². The van der Waals surface area contributed by atoms with Crippen molar-refractivity contribution in [1.29, 1.82) is 0 Å². The third kappa shape index (κ3) is 5.93. The standard InChI is InChI=1S/C41H69NO4/c1-28(2)29-19-24-41(36(46)42-27-15-13-11-9-8-10-12-14-16-34(44)45)26-25-39(6)30(35(29)41)17-18-32-38(5)22-21-33(43)37(3,4)31(38)20-23-40(32,39)7/h29-33,35,43H,1,8-27H2,2-7H3,(H,42,46)(H,44,45)/t29-,30-,31-,32-,33+,35-,38+,39-,40-,41+/m1/s1. The third-order valence-electron chi connectivity index (χ3n) is 16.1. The summed E-state index contributed by atoms with van der Waals surface area (Å²) in [4.78, 5) is 25.0.